The summed E-state index contributed by atoms with van der Waals surface area (Å²) in [6, 6.07) is 4.62. The van der Waals surface area contributed by atoms with Gasteiger partial charge in [0, 0.05) is 68.2 Å². The Morgan fingerprint density at radius 2 is 1.09 bits per heavy atom. The molecule has 316 valence electrons. The molecule has 2 amide bonds. The Balaban J connectivity index is 0.000000221. The SMILES string of the molecule is Cc1cc(C)c(CNC(=O)c2csc(C(O)C3CCC(N(C)C)CC3)c2C)c(=O)[nH]1.Cc1cc(C)c(CNC(=O)c2csc(C(O)C3CCC(N)CC3)c2C)c(=O)[nH]1. The van der Waals surface area contributed by atoms with Crippen molar-refractivity contribution in [3.8, 4) is 0 Å². The van der Waals surface area contributed by atoms with Gasteiger partial charge in [0.2, 0.25) is 0 Å². The molecule has 14 heteroatoms. The smallest absolute Gasteiger partial charge is 0.253 e. The molecule has 12 nitrogen and oxygen atoms in total. The molecule has 0 aromatic carbocycles. The summed E-state index contributed by atoms with van der Waals surface area (Å²) in [4.78, 5) is 59.3. The number of H-pyrrole nitrogens is 2. The van der Waals surface area contributed by atoms with Gasteiger partial charge in [-0.05, 0) is 153 Å². The molecule has 2 atom stereocenters. The summed E-state index contributed by atoms with van der Waals surface area (Å²) in [7, 11) is 4.23. The molecule has 2 aliphatic carbocycles. The van der Waals surface area contributed by atoms with E-state index in [4.69, 9.17) is 5.73 Å². The fraction of sp³-hybridized carbons (Fsp3) is 0.545. The highest BCUT2D eigenvalue weighted by molar-refractivity contribution is 7.10. The van der Waals surface area contributed by atoms with E-state index in [1.807, 2.05) is 59.1 Å². The van der Waals surface area contributed by atoms with E-state index >= 15 is 0 Å². The number of aromatic nitrogens is 2. The molecule has 2 fully saturated rings. The third-order valence-electron chi connectivity index (χ3n) is 12.2. The molecule has 0 bridgehead atoms. The number of aliphatic hydroxyl groups excluding tert-OH is 2. The number of hydrogen-bond donors (Lipinski definition) is 7. The summed E-state index contributed by atoms with van der Waals surface area (Å²) in [5, 5.41) is 31.1. The summed E-state index contributed by atoms with van der Waals surface area (Å²) in [5.74, 6) is 0.000174. The van der Waals surface area contributed by atoms with Crippen molar-refractivity contribution in [1.82, 2.24) is 25.5 Å². The molecule has 0 aliphatic heterocycles. The van der Waals surface area contributed by atoms with Crippen LogP contribution in [0.3, 0.4) is 0 Å². The quantitative estimate of drug-likeness (QED) is 0.0917. The first-order chi connectivity index (χ1) is 27.5. The maximum absolute atomic E-state index is 12.8. The fourth-order valence-electron chi connectivity index (χ4n) is 8.45. The highest BCUT2D eigenvalue weighted by Gasteiger charge is 2.32. The average molecular weight is 835 g/mol. The summed E-state index contributed by atoms with van der Waals surface area (Å²) < 4.78 is 0. The minimum atomic E-state index is -0.554. The molecule has 4 aromatic rings. The number of pyridine rings is 2. The lowest BCUT2D eigenvalue weighted by Crippen LogP contribution is -2.33. The Morgan fingerprint density at radius 3 is 1.45 bits per heavy atom. The molecule has 2 saturated carbocycles. The number of aryl methyl sites for hydroxylation is 4. The zero-order valence-corrected chi connectivity index (χ0v) is 36.8. The Kier molecular flexibility index (Phi) is 15.5. The number of carbonyl (C=O) groups excluding carboxylic acids is 2. The predicted octanol–water partition coefficient (Wildman–Crippen LogP) is 6.29. The molecule has 4 heterocycles. The summed E-state index contributed by atoms with van der Waals surface area (Å²) >= 11 is 2.88. The van der Waals surface area contributed by atoms with E-state index in [-0.39, 0.29) is 53.9 Å². The molecule has 0 radical (unpaired) electrons. The highest BCUT2D eigenvalue weighted by Crippen LogP contribution is 2.40. The number of nitrogens with zero attached hydrogens (tertiary/aromatic N) is 1. The van der Waals surface area contributed by atoms with Crippen molar-refractivity contribution in [2.24, 2.45) is 17.6 Å². The number of rotatable bonds is 11. The monoisotopic (exact) mass is 834 g/mol. The van der Waals surface area contributed by atoms with E-state index in [2.05, 4.69) is 39.6 Å². The van der Waals surface area contributed by atoms with E-state index in [9.17, 15) is 29.4 Å². The van der Waals surface area contributed by atoms with Gasteiger partial charge >= 0.3 is 0 Å². The third-order valence-corrected chi connectivity index (χ3v) is 14.5. The third kappa shape index (κ3) is 10.8. The second-order valence-corrected chi connectivity index (χ2v) is 18.4. The Labute approximate surface area is 349 Å². The first-order valence-corrected chi connectivity index (χ1v) is 22.1. The summed E-state index contributed by atoms with van der Waals surface area (Å²) in [6.45, 7) is 11.5. The maximum atomic E-state index is 12.8. The number of aromatic amines is 2. The molecule has 4 aromatic heterocycles. The number of carbonyl (C=O) groups is 2. The molecule has 58 heavy (non-hydrogen) atoms. The summed E-state index contributed by atoms with van der Waals surface area (Å²) in [6.07, 6.45) is 6.80. The zero-order valence-electron chi connectivity index (χ0n) is 35.2. The van der Waals surface area contributed by atoms with E-state index in [1.54, 1.807) is 5.38 Å². The van der Waals surface area contributed by atoms with Gasteiger partial charge in [0.25, 0.3) is 22.9 Å². The van der Waals surface area contributed by atoms with Crippen LogP contribution in [-0.2, 0) is 13.1 Å². The predicted molar refractivity (Wildman–Crippen MR) is 233 cm³/mol. The van der Waals surface area contributed by atoms with Crippen molar-refractivity contribution in [2.75, 3.05) is 14.1 Å². The second-order valence-electron chi connectivity index (χ2n) is 16.6. The van der Waals surface area contributed by atoms with Crippen LogP contribution in [0.1, 0.15) is 139 Å². The van der Waals surface area contributed by atoms with E-state index in [0.717, 1.165) is 94.8 Å². The Morgan fingerprint density at radius 1 is 0.707 bits per heavy atom. The van der Waals surface area contributed by atoms with Crippen LogP contribution in [0.2, 0.25) is 0 Å². The molecule has 2 aliphatic rings. The van der Waals surface area contributed by atoms with Gasteiger partial charge in [-0.3, -0.25) is 19.2 Å². The van der Waals surface area contributed by atoms with Crippen LogP contribution in [0.15, 0.2) is 32.5 Å². The van der Waals surface area contributed by atoms with Gasteiger partial charge in [-0.25, -0.2) is 0 Å². The lowest BCUT2D eigenvalue weighted by molar-refractivity contribution is 0.0676. The van der Waals surface area contributed by atoms with Crippen LogP contribution in [-0.4, -0.2) is 63.1 Å². The lowest BCUT2D eigenvalue weighted by atomic mass is 9.81. The Hall–Kier alpha value is -3.92. The van der Waals surface area contributed by atoms with Crippen LogP contribution < -0.4 is 27.5 Å². The van der Waals surface area contributed by atoms with E-state index in [0.29, 0.717) is 28.3 Å². The fourth-order valence-corrected chi connectivity index (χ4v) is 10.7. The maximum Gasteiger partial charge on any atom is 0.253 e. The molecule has 8 N–H and O–H groups in total. The largest absolute Gasteiger partial charge is 0.387 e. The molecule has 2 unspecified atom stereocenters. The standard InChI is InChI=1S/C23H33N3O3S.C21H29N3O3S/c1-13-10-14(2)25-23(29)18(13)11-24-22(28)19-12-30-21(15(19)3)20(27)16-6-8-17(9-7-16)26(4)5;1-11-8-12(2)24-21(27)16(11)9-23-20(26)17-10-28-19(13(17)3)18(25)14-4-6-15(22)7-5-14/h10,12,16-17,20,27H,6-9,11H2,1-5H3,(H,24,28)(H,25,29);8,10,14-15,18,25H,4-7,9,22H2,1-3H3,(H,23,26)(H,24,27). The lowest BCUT2D eigenvalue weighted by Gasteiger charge is -2.34. The van der Waals surface area contributed by atoms with Crippen molar-refractivity contribution in [3.63, 3.8) is 0 Å². The molecule has 0 saturated heterocycles. The van der Waals surface area contributed by atoms with E-state index < -0.39 is 12.2 Å². The zero-order chi connectivity index (χ0) is 42.4. The molecular weight excluding hydrogens is 773 g/mol. The average Bonchev–Trinajstić information content (AvgIpc) is 3.75. The van der Waals surface area contributed by atoms with Crippen LogP contribution in [0.4, 0.5) is 0 Å². The van der Waals surface area contributed by atoms with Gasteiger partial charge in [-0.1, -0.05) is 0 Å². The highest BCUT2D eigenvalue weighted by atomic mass is 32.1. The molecule has 0 spiro atoms. The number of amides is 2. The first-order valence-electron chi connectivity index (χ1n) is 20.4. The van der Waals surface area contributed by atoms with Gasteiger partial charge in [0.15, 0.2) is 0 Å². The van der Waals surface area contributed by atoms with Crippen molar-refractivity contribution < 1.29 is 19.8 Å². The van der Waals surface area contributed by atoms with Gasteiger partial charge < -0.3 is 41.4 Å². The number of aliphatic hydroxyl groups is 2. The topological polar surface area (TPSA) is 194 Å². The minimum Gasteiger partial charge on any atom is -0.387 e. The van der Waals surface area contributed by atoms with Crippen LogP contribution in [0.5, 0.6) is 0 Å². The van der Waals surface area contributed by atoms with Crippen LogP contribution >= 0.6 is 22.7 Å². The number of hydrogen-bond acceptors (Lipinski definition) is 10. The van der Waals surface area contributed by atoms with Crippen molar-refractivity contribution in [1.29, 1.82) is 0 Å². The van der Waals surface area contributed by atoms with Gasteiger partial charge in [0.05, 0.1) is 23.3 Å². The Bertz CT molecular complexity index is 2170. The van der Waals surface area contributed by atoms with Gasteiger partial charge in [-0.2, -0.15) is 0 Å². The first kappa shape index (κ1) is 45.2. The molecule has 6 rings (SSSR count). The number of thiophene rings is 2. The normalized spacial score (nSPS) is 20.6. The second kappa shape index (κ2) is 19.9. The number of nitrogens with two attached hydrogens (primary N) is 1. The van der Waals surface area contributed by atoms with Gasteiger partial charge in [0.1, 0.15) is 0 Å². The summed E-state index contributed by atoms with van der Waals surface area (Å²) in [5.41, 5.74) is 12.9. The van der Waals surface area contributed by atoms with Crippen molar-refractivity contribution in [3.05, 3.63) is 109 Å². The van der Waals surface area contributed by atoms with E-state index in [1.165, 1.54) is 22.7 Å². The van der Waals surface area contributed by atoms with Crippen LogP contribution in [0, 0.1) is 53.4 Å². The number of nitrogens with one attached hydrogen (secondary N) is 4. The minimum absolute atomic E-state index is 0.167. The van der Waals surface area contributed by atoms with Crippen molar-refractivity contribution in [2.45, 2.75) is 130 Å². The van der Waals surface area contributed by atoms with Crippen LogP contribution in [0.25, 0.3) is 0 Å². The van der Waals surface area contributed by atoms with Crippen molar-refractivity contribution >= 4 is 34.5 Å². The van der Waals surface area contributed by atoms with Gasteiger partial charge in [-0.15, -0.1) is 22.7 Å². The molecular formula is C44H62N6O6S2.